The normalized spacial score (nSPS) is 19.8. The molecule has 5 aliphatic rings. The van der Waals surface area contributed by atoms with Crippen LogP contribution in [0.25, 0.3) is 22.3 Å². The molecule has 16 nitrogen and oxygen atoms in total. The van der Waals surface area contributed by atoms with E-state index in [2.05, 4.69) is 20.3 Å². The summed E-state index contributed by atoms with van der Waals surface area (Å²) in [5.74, 6) is 3.35. The molecule has 10 rings (SSSR count). The number of methoxy groups -OCH3 is 2. The fourth-order valence-electron chi connectivity index (χ4n) is 9.99. The van der Waals surface area contributed by atoms with Gasteiger partial charge in [-0.2, -0.15) is 5.10 Å². The van der Waals surface area contributed by atoms with Crippen molar-refractivity contribution in [1.82, 2.24) is 30.2 Å². The number of fused-ring (bicyclic) bond motifs is 3. The molecule has 3 fully saturated rings. The molecule has 2 aromatic heterocycles. The number of ether oxygens (including phenoxy) is 6. The molecule has 1 saturated heterocycles. The van der Waals surface area contributed by atoms with Gasteiger partial charge >= 0.3 is 6.09 Å². The van der Waals surface area contributed by atoms with Crippen molar-refractivity contribution >= 4 is 34.7 Å². The number of hydrogen-bond donors (Lipinski definition) is 2. The predicted octanol–water partition coefficient (Wildman–Crippen LogP) is 7.52. The van der Waals surface area contributed by atoms with Crippen LogP contribution in [0.5, 0.6) is 34.5 Å². The molecule has 5 heterocycles. The van der Waals surface area contributed by atoms with Crippen molar-refractivity contribution in [3.63, 3.8) is 0 Å². The number of aromatic amines is 1. The van der Waals surface area contributed by atoms with Crippen LogP contribution in [0.3, 0.4) is 0 Å². The topological polar surface area (TPSA) is 179 Å². The molecule has 0 radical (unpaired) electrons. The van der Waals surface area contributed by atoms with Crippen LogP contribution in [0, 0.1) is 31.6 Å². The average Bonchev–Trinajstić information content (AvgIpc) is 3.95. The van der Waals surface area contributed by atoms with Crippen LogP contribution in [0.4, 0.5) is 4.79 Å². The van der Waals surface area contributed by atoms with Crippen molar-refractivity contribution in [2.75, 3.05) is 40.7 Å². The highest BCUT2D eigenvalue weighted by Crippen LogP contribution is 2.49. The number of hydrazone groups is 1. The second-order valence-corrected chi connectivity index (χ2v) is 18.0. The number of aromatic nitrogens is 3. The fraction of sp³-hybridized carbons (Fsp3) is 0.440. The zero-order valence-electron chi connectivity index (χ0n) is 37.8. The quantitative estimate of drug-likeness (QED) is 0.119. The van der Waals surface area contributed by atoms with Crippen LogP contribution in [0.1, 0.15) is 73.8 Å². The Morgan fingerprint density at radius 3 is 2.45 bits per heavy atom. The monoisotopic (exact) mass is 897 g/mol. The number of H-pyrrole nitrogens is 1. The van der Waals surface area contributed by atoms with Gasteiger partial charge < -0.3 is 43.6 Å². The number of nitrogens with zero attached hydrogens (tertiary/aromatic N) is 5. The molecule has 344 valence electrons. The molecule has 5 aromatic rings. The Labute approximate surface area is 382 Å². The number of amides is 3. The maximum absolute atomic E-state index is 14.6. The van der Waals surface area contributed by atoms with Crippen LogP contribution in [-0.4, -0.2) is 101 Å². The van der Waals surface area contributed by atoms with Crippen molar-refractivity contribution in [1.29, 1.82) is 0 Å². The van der Waals surface area contributed by atoms with Gasteiger partial charge in [-0.3, -0.25) is 9.59 Å². The summed E-state index contributed by atoms with van der Waals surface area (Å²) < 4.78 is 35.1. The average molecular weight is 898 g/mol. The number of carbonyl (C=O) groups is 3. The molecule has 0 unspecified atom stereocenters. The van der Waals surface area contributed by atoms with Crippen molar-refractivity contribution in [3.8, 4) is 45.8 Å². The summed E-state index contributed by atoms with van der Waals surface area (Å²) in [7, 11) is 3.22. The lowest BCUT2D eigenvalue weighted by Crippen LogP contribution is -2.56. The first-order chi connectivity index (χ1) is 32.2. The predicted molar refractivity (Wildman–Crippen MR) is 244 cm³/mol. The lowest BCUT2D eigenvalue weighted by molar-refractivity contribution is -0.143. The minimum atomic E-state index is -0.948. The first-order valence-electron chi connectivity index (χ1n) is 23.0. The smallest absolute Gasteiger partial charge is 0.413 e. The molecule has 3 amide bonds. The maximum atomic E-state index is 14.6. The molecular weight excluding hydrogens is 843 g/mol. The molecule has 2 saturated carbocycles. The van der Waals surface area contributed by atoms with Gasteiger partial charge in [-0.25, -0.2) is 19.8 Å². The van der Waals surface area contributed by atoms with Gasteiger partial charge in [0.15, 0.2) is 28.7 Å². The van der Waals surface area contributed by atoms with Crippen molar-refractivity contribution < 1.29 is 42.8 Å². The zero-order chi connectivity index (χ0) is 45.5. The van der Waals surface area contributed by atoms with E-state index in [1.165, 1.54) is 6.33 Å². The van der Waals surface area contributed by atoms with Crippen LogP contribution in [0.2, 0.25) is 0 Å². The minimum absolute atomic E-state index is 0.0243. The molecule has 66 heavy (non-hydrogen) atoms. The van der Waals surface area contributed by atoms with Crippen molar-refractivity contribution in [2.24, 2.45) is 22.9 Å². The van der Waals surface area contributed by atoms with Crippen molar-refractivity contribution in [3.05, 3.63) is 83.3 Å². The third-order valence-corrected chi connectivity index (χ3v) is 13.6. The van der Waals surface area contributed by atoms with Gasteiger partial charge in [0.05, 0.1) is 49.4 Å². The Morgan fingerprint density at radius 2 is 1.68 bits per heavy atom. The van der Waals surface area contributed by atoms with Gasteiger partial charge in [-0.15, -0.1) is 0 Å². The summed E-state index contributed by atoms with van der Waals surface area (Å²) in [4.78, 5) is 57.1. The second-order valence-electron chi connectivity index (χ2n) is 18.0. The Morgan fingerprint density at radius 1 is 0.894 bits per heavy atom. The van der Waals surface area contributed by atoms with Gasteiger partial charge in [-0.1, -0.05) is 42.7 Å². The summed E-state index contributed by atoms with van der Waals surface area (Å²) >= 11 is 0. The Kier molecular flexibility index (Phi) is 11.9. The number of aryl methyl sites for hydroxylation is 2. The first-order valence-corrected chi connectivity index (χ1v) is 23.0. The minimum Gasteiger partial charge on any atom is -0.493 e. The fourth-order valence-corrected chi connectivity index (χ4v) is 9.99. The third-order valence-electron chi connectivity index (χ3n) is 13.6. The Balaban J connectivity index is 0.877. The van der Waals surface area contributed by atoms with Crippen molar-refractivity contribution in [2.45, 2.75) is 83.7 Å². The summed E-state index contributed by atoms with van der Waals surface area (Å²) in [6, 6.07) is 16.2. The summed E-state index contributed by atoms with van der Waals surface area (Å²) in [6.45, 7) is 5.19. The van der Waals surface area contributed by atoms with Crippen LogP contribution in [0.15, 0.2) is 66.0 Å². The standard InChI is InChI=1S/C50H55N7O9/c1-28-8-7-9-31(22-28)23-36(49(59)56-20-18-33(19-21-56)57-48(58)35-11-6-5-10-34(35)42(55-57)32-14-15-37(61-3)40(24-32)62-4)54-50(60)66-46-29(2)53-44-43(51-26-52-45(44)46)41-38(63-25-30-12-13-30)16-17-39-47(41)65-27-64-39/h7-9,14-17,22,24,26,30,33-36,53H,5-6,10-13,18-21,23,25,27H2,1-4H3,(H,54,60)/t34-,35+,36-/m0/s1. The van der Waals surface area contributed by atoms with Crippen LogP contribution < -0.4 is 33.7 Å². The van der Waals surface area contributed by atoms with E-state index in [0.717, 1.165) is 60.9 Å². The molecular formula is C50H55N7O9. The van der Waals surface area contributed by atoms with Gasteiger partial charge in [-0.05, 0) is 94.2 Å². The number of carbonyl (C=O) groups excluding carboxylic acids is 3. The molecule has 16 heteroatoms. The van der Waals surface area contributed by atoms with Gasteiger partial charge in [0, 0.05) is 36.9 Å². The van der Waals surface area contributed by atoms with E-state index in [1.807, 2.05) is 61.5 Å². The van der Waals surface area contributed by atoms with E-state index in [4.69, 9.17) is 33.5 Å². The largest absolute Gasteiger partial charge is 0.493 e. The third kappa shape index (κ3) is 8.44. The van der Waals surface area contributed by atoms with E-state index < -0.39 is 12.1 Å². The van der Waals surface area contributed by atoms with Crippen LogP contribution in [-0.2, 0) is 16.0 Å². The Hall–Kier alpha value is -6.84. The van der Waals surface area contributed by atoms with Gasteiger partial charge in [0.2, 0.25) is 18.6 Å². The molecule has 0 spiro atoms. The number of nitrogens with one attached hydrogen (secondary N) is 2. The van der Waals surface area contributed by atoms with E-state index in [1.54, 1.807) is 31.1 Å². The lowest BCUT2D eigenvalue weighted by Gasteiger charge is -2.43. The highest BCUT2D eigenvalue weighted by Gasteiger charge is 2.44. The maximum Gasteiger partial charge on any atom is 0.413 e. The first kappa shape index (κ1) is 43.1. The second kappa shape index (κ2) is 18.2. The summed E-state index contributed by atoms with van der Waals surface area (Å²) in [5, 5.41) is 9.72. The molecule has 3 atom stereocenters. The molecule has 3 aliphatic heterocycles. The molecule has 3 aromatic carbocycles. The SMILES string of the molecule is COc1ccc(C2=NN(C3CCN(C(=O)[C@H](Cc4cccc(C)c4)NC(=O)Oc4c(C)[nH]c5c(-c6c(OCC7CC7)ccc7c6OCO7)ncnc45)CC3)C(=O)[C@@H]3CCCC[C@H]23)cc1OC. The summed E-state index contributed by atoms with van der Waals surface area (Å²) in [6.07, 6.45) is 7.93. The number of rotatable bonds is 13. The van der Waals surface area contributed by atoms with E-state index in [-0.39, 0.29) is 48.7 Å². The van der Waals surface area contributed by atoms with E-state index in [9.17, 15) is 14.4 Å². The highest BCUT2D eigenvalue weighted by molar-refractivity contribution is 6.07. The van der Waals surface area contributed by atoms with E-state index >= 15 is 0 Å². The number of benzene rings is 3. The number of piperidine rings is 1. The lowest BCUT2D eigenvalue weighted by atomic mass is 9.73. The van der Waals surface area contributed by atoms with Gasteiger partial charge in [0.1, 0.15) is 29.3 Å². The van der Waals surface area contributed by atoms with E-state index in [0.29, 0.717) is 95.2 Å². The number of likely N-dealkylation sites (tertiary alicyclic amines) is 1. The highest BCUT2D eigenvalue weighted by atomic mass is 16.7. The van der Waals surface area contributed by atoms with Gasteiger partial charge in [0.25, 0.3) is 0 Å². The summed E-state index contributed by atoms with van der Waals surface area (Å²) in [5.41, 5.74) is 6.31. The number of hydrogen-bond acceptors (Lipinski definition) is 12. The Bertz CT molecular complexity index is 2710. The zero-order valence-corrected chi connectivity index (χ0v) is 37.8. The van der Waals surface area contributed by atoms with Crippen LogP contribution >= 0.6 is 0 Å². The molecule has 0 bridgehead atoms. The molecule has 2 aliphatic carbocycles. The molecule has 2 N–H and O–H groups in total.